The zero-order chi connectivity index (χ0) is 26.7. The Bertz CT molecular complexity index is 1430. The maximum atomic E-state index is 6.77. The van der Waals surface area contributed by atoms with Gasteiger partial charge in [0, 0.05) is 26.0 Å². The molecule has 2 nitrogen and oxygen atoms in total. The fourth-order valence-electron chi connectivity index (χ4n) is 6.66. The summed E-state index contributed by atoms with van der Waals surface area (Å²) in [5, 5.41) is 0. The standard InChI is InChI=1S/C34H33Br2NO/c1-22-19-29(37(27-12-8-25(35)9-13-27)28-14-10-26(36)11-15-28)20-23(2)32(22)24-7-16-30-31(21-24)33(3,4)38-34(30)17-5-6-18-34/h7-16,19-21H,5-6,17-18H2,1-4H3. The van der Waals surface area contributed by atoms with Crippen LogP contribution in [0.3, 0.4) is 0 Å². The fourth-order valence-corrected chi connectivity index (χ4v) is 7.19. The van der Waals surface area contributed by atoms with Crippen LogP contribution in [0.1, 0.15) is 61.8 Å². The Kier molecular flexibility index (Phi) is 6.57. The summed E-state index contributed by atoms with van der Waals surface area (Å²) in [6.07, 6.45) is 4.78. The molecule has 0 amide bonds. The first kappa shape index (κ1) is 25.9. The smallest absolute Gasteiger partial charge is 0.0946 e. The van der Waals surface area contributed by atoms with E-state index in [1.807, 2.05) is 0 Å². The van der Waals surface area contributed by atoms with Crippen molar-refractivity contribution in [2.75, 3.05) is 4.90 Å². The maximum absolute atomic E-state index is 6.77. The highest BCUT2D eigenvalue weighted by molar-refractivity contribution is 9.10. The average molecular weight is 631 g/mol. The third-order valence-corrected chi connectivity index (χ3v) is 9.31. The zero-order valence-corrected chi connectivity index (χ0v) is 25.6. The number of fused-ring (bicyclic) bond motifs is 2. The lowest BCUT2D eigenvalue weighted by Crippen LogP contribution is -2.25. The number of benzene rings is 4. The quantitative estimate of drug-likeness (QED) is 0.222. The first-order valence-corrected chi connectivity index (χ1v) is 15.0. The van der Waals surface area contributed by atoms with Gasteiger partial charge in [0.1, 0.15) is 0 Å². The zero-order valence-electron chi connectivity index (χ0n) is 22.4. The summed E-state index contributed by atoms with van der Waals surface area (Å²) in [6, 6.07) is 28.7. The second-order valence-corrected chi connectivity index (χ2v) is 13.1. The van der Waals surface area contributed by atoms with E-state index in [9.17, 15) is 0 Å². The summed E-state index contributed by atoms with van der Waals surface area (Å²) in [5.41, 5.74) is 10.9. The minimum Gasteiger partial charge on any atom is -0.360 e. The first-order chi connectivity index (χ1) is 18.2. The maximum Gasteiger partial charge on any atom is 0.0946 e. The number of hydrogen-bond acceptors (Lipinski definition) is 2. The molecule has 4 aromatic carbocycles. The molecule has 0 N–H and O–H groups in total. The Labute approximate surface area is 243 Å². The van der Waals surface area contributed by atoms with Crippen molar-refractivity contribution in [1.29, 1.82) is 0 Å². The van der Waals surface area contributed by atoms with Crippen LogP contribution in [0.25, 0.3) is 11.1 Å². The van der Waals surface area contributed by atoms with Gasteiger partial charge in [0.2, 0.25) is 0 Å². The Morgan fingerprint density at radius 3 is 1.71 bits per heavy atom. The third kappa shape index (κ3) is 4.45. The number of ether oxygens (including phenoxy) is 1. The fraction of sp³-hybridized carbons (Fsp3) is 0.294. The molecule has 1 aliphatic heterocycles. The van der Waals surface area contributed by atoms with Crippen LogP contribution in [0.4, 0.5) is 17.1 Å². The summed E-state index contributed by atoms with van der Waals surface area (Å²) in [7, 11) is 0. The Balaban J connectivity index is 1.45. The molecule has 4 heteroatoms. The van der Waals surface area contributed by atoms with Crippen molar-refractivity contribution in [1.82, 2.24) is 0 Å². The van der Waals surface area contributed by atoms with Crippen molar-refractivity contribution >= 4 is 48.9 Å². The average Bonchev–Trinajstić information content (AvgIpc) is 3.43. The van der Waals surface area contributed by atoms with Crippen molar-refractivity contribution in [3.8, 4) is 11.1 Å². The third-order valence-electron chi connectivity index (χ3n) is 8.25. The number of rotatable bonds is 4. The van der Waals surface area contributed by atoms with Gasteiger partial charge >= 0.3 is 0 Å². The van der Waals surface area contributed by atoms with E-state index in [-0.39, 0.29) is 11.2 Å². The van der Waals surface area contributed by atoms with Crippen molar-refractivity contribution in [3.05, 3.63) is 110 Å². The molecule has 0 atom stereocenters. The van der Waals surface area contributed by atoms with E-state index >= 15 is 0 Å². The van der Waals surface area contributed by atoms with Crippen molar-refractivity contribution in [3.63, 3.8) is 0 Å². The molecule has 4 aromatic rings. The largest absolute Gasteiger partial charge is 0.360 e. The molecule has 1 aliphatic carbocycles. The van der Waals surface area contributed by atoms with Gasteiger partial charge in [0.25, 0.3) is 0 Å². The molecule has 38 heavy (non-hydrogen) atoms. The lowest BCUT2D eigenvalue weighted by Gasteiger charge is -2.28. The summed E-state index contributed by atoms with van der Waals surface area (Å²) in [6.45, 7) is 8.95. The molecule has 0 saturated heterocycles. The molecular formula is C34H33Br2NO. The second kappa shape index (κ2) is 9.66. The lowest BCUT2D eigenvalue weighted by molar-refractivity contribution is -0.122. The normalized spacial score (nSPS) is 17.1. The van der Waals surface area contributed by atoms with Crippen LogP contribution in [0, 0.1) is 13.8 Å². The van der Waals surface area contributed by atoms with E-state index in [0.717, 1.165) is 38.8 Å². The summed E-state index contributed by atoms with van der Waals surface area (Å²) >= 11 is 7.18. The van der Waals surface area contributed by atoms with Crippen LogP contribution < -0.4 is 4.90 Å². The van der Waals surface area contributed by atoms with Crippen LogP contribution in [0.5, 0.6) is 0 Å². The molecule has 1 spiro atoms. The van der Waals surface area contributed by atoms with E-state index in [4.69, 9.17) is 4.74 Å². The van der Waals surface area contributed by atoms with Crippen molar-refractivity contribution in [2.45, 2.75) is 64.6 Å². The minimum atomic E-state index is -0.266. The van der Waals surface area contributed by atoms with E-state index in [2.05, 4.69) is 143 Å². The summed E-state index contributed by atoms with van der Waals surface area (Å²) in [4.78, 5) is 2.33. The van der Waals surface area contributed by atoms with E-state index in [1.165, 1.54) is 46.2 Å². The Hall–Kier alpha value is -2.40. The van der Waals surface area contributed by atoms with Crippen LogP contribution in [0.15, 0.2) is 87.8 Å². The van der Waals surface area contributed by atoms with Gasteiger partial charge in [-0.1, -0.05) is 56.8 Å². The minimum absolute atomic E-state index is 0.0822. The van der Waals surface area contributed by atoms with Crippen LogP contribution in [-0.2, 0) is 15.9 Å². The second-order valence-electron chi connectivity index (χ2n) is 11.3. The molecule has 1 heterocycles. The number of nitrogens with zero attached hydrogens (tertiary/aromatic N) is 1. The lowest BCUT2D eigenvalue weighted by atomic mass is 9.84. The predicted octanol–water partition coefficient (Wildman–Crippen LogP) is 11.0. The molecule has 1 saturated carbocycles. The predicted molar refractivity (Wildman–Crippen MR) is 166 cm³/mol. The molecule has 194 valence electrons. The SMILES string of the molecule is Cc1cc(N(c2ccc(Br)cc2)c2ccc(Br)cc2)cc(C)c1-c1ccc2c(c1)C(C)(C)OC21CCCC1. The molecular weight excluding hydrogens is 598 g/mol. The topological polar surface area (TPSA) is 12.5 Å². The van der Waals surface area contributed by atoms with Gasteiger partial charge in [-0.25, -0.2) is 0 Å². The highest BCUT2D eigenvalue weighted by atomic mass is 79.9. The molecule has 1 fully saturated rings. The van der Waals surface area contributed by atoms with Gasteiger partial charge < -0.3 is 9.64 Å². The van der Waals surface area contributed by atoms with E-state index in [1.54, 1.807) is 0 Å². The monoisotopic (exact) mass is 629 g/mol. The van der Waals surface area contributed by atoms with Gasteiger partial charge in [-0.05, 0) is 141 Å². The molecule has 6 rings (SSSR count). The molecule has 0 bridgehead atoms. The number of hydrogen-bond donors (Lipinski definition) is 0. The van der Waals surface area contributed by atoms with Gasteiger partial charge in [-0.2, -0.15) is 0 Å². The summed E-state index contributed by atoms with van der Waals surface area (Å²) < 4.78 is 8.91. The van der Waals surface area contributed by atoms with Gasteiger partial charge in [-0.15, -0.1) is 0 Å². The number of aryl methyl sites for hydroxylation is 2. The Morgan fingerprint density at radius 1 is 0.658 bits per heavy atom. The molecule has 0 radical (unpaired) electrons. The van der Waals surface area contributed by atoms with Crippen LogP contribution >= 0.6 is 31.9 Å². The van der Waals surface area contributed by atoms with E-state index in [0.29, 0.717) is 0 Å². The van der Waals surface area contributed by atoms with Gasteiger partial charge in [0.05, 0.1) is 11.2 Å². The van der Waals surface area contributed by atoms with Gasteiger partial charge in [0.15, 0.2) is 0 Å². The van der Waals surface area contributed by atoms with Crippen LogP contribution in [-0.4, -0.2) is 0 Å². The first-order valence-electron chi connectivity index (χ1n) is 13.4. The highest BCUT2D eigenvalue weighted by Crippen LogP contribution is 2.55. The molecule has 2 aliphatic rings. The number of halogens is 2. The number of anilines is 3. The van der Waals surface area contributed by atoms with Gasteiger partial charge in [-0.3, -0.25) is 0 Å². The van der Waals surface area contributed by atoms with Crippen molar-refractivity contribution in [2.24, 2.45) is 0 Å². The Morgan fingerprint density at radius 2 is 1.18 bits per heavy atom. The summed E-state index contributed by atoms with van der Waals surface area (Å²) in [5.74, 6) is 0. The van der Waals surface area contributed by atoms with Crippen molar-refractivity contribution < 1.29 is 4.74 Å². The van der Waals surface area contributed by atoms with E-state index < -0.39 is 0 Å². The highest BCUT2D eigenvalue weighted by Gasteiger charge is 2.50. The molecule has 0 unspecified atom stereocenters. The molecule has 0 aromatic heterocycles. The van der Waals surface area contributed by atoms with Crippen LogP contribution in [0.2, 0.25) is 0 Å².